The average Bonchev–Trinajstić information content (AvgIpc) is 2.40. The molecule has 1 aliphatic rings. The van der Waals surface area contributed by atoms with Gasteiger partial charge in [-0.25, -0.2) is 4.99 Å². The Kier molecular flexibility index (Phi) is 4.36. The van der Waals surface area contributed by atoms with Crippen LogP contribution in [0.1, 0.15) is 19.3 Å². The lowest BCUT2D eigenvalue weighted by molar-refractivity contribution is -0.274. The molecule has 0 saturated carbocycles. The molecule has 7 heteroatoms. The standard InChI is InChI=1S/C13H16F3N3O/c14-13(15,16)20-11-6-4-10(5-7-11)18-12(17)19-8-2-1-3-9-19/h4-7H,1-3,8-9H2,(H2,17,18). The molecule has 1 heterocycles. The number of aliphatic imine (C=N–C) groups is 1. The highest BCUT2D eigenvalue weighted by Crippen LogP contribution is 2.25. The van der Waals surface area contributed by atoms with Gasteiger partial charge in [0.05, 0.1) is 5.69 Å². The summed E-state index contributed by atoms with van der Waals surface area (Å²) < 4.78 is 39.8. The van der Waals surface area contributed by atoms with Crippen molar-refractivity contribution in [2.75, 3.05) is 13.1 Å². The Morgan fingerprint density at radius 1 is 1.10 bits per heavy atom. The zero-order chi connectivity index (χ0) is 14.6. The highest BCUT2D eigenvalue weighted by molar-refractivity contribution is 5.81. The number of guanidine groups is 1. The van der Waals surface area contributed by atoms with Gasteiger partial charge in [0.25, 0.3) is 0 Å². The van der Waals surface area contributed by atoms with Gasteiger partial charge in [0.2, 0.25) is 0 Å². The topological polar surface area (TPSA) is 50.9 Å². The van der Waals surface area contributed by atoms with Crippen LogP contribution in [0.4, 0.5) is 18.9 Å². The zero-order valence-electron chi connectivity index (χ0n) is 10.9. The third-order valence-corrected chi connectivity index (χ3v) is 2.99. The van der Waals surface area contributed by atoms with Gasteiger partial charge in [-0.15, -0.1) is 13.2 Å². The molecule has 1 saturated heterocycles. The second-order valence-electron chi connectivity index (χ2n) is 4.56. The van der Waals surface area contributed by atoms with E-state index < -0.39 is 6.36 Å². The number of nitrogens with zero attached hydrogens (tertiary/aromatic N) is 2. The lowest BCUT2D eigenvalue weighted by atomic mass is 10.1. The Balaban J connectivity index is 2.02. The molecule has 1 fully saturated rings. The van der Waals surface area contributed by atoms with Crippen LogP contribution >= 0.6 is 0 Å². The van der Waals surface area contributed by atoms with Crippen LogP contribution in [0.15, 0.2) is 29.3 Å². The van der Waals surface area contributed by atoms with Crippen molar-refractivity contribution in [1.82, 2.24) is 4.90 Å². The monoisotopic (exact) mass is 287 g/mol. The van der Waals surface area contributed by atoms with Gasteiger partial charge in [0, 0.05) is 13.1 Å². The molecule has 110 valence electrons. The first-order chi connectivity index (χ1) is 9.44. The SMILES string of the molecule is NC(=Nc1ccc(OC(F)(F)F)cc1)N1CCCCC1. The van der Waals surface area contributed by atoms with Crippen molar-refractivity contribution in [2.45, 2.75) is 25.6 Å². The maximum atomic E-state index is 12.0. The molecule has 4 nitrogen and oxygen atoms in total. The summed E-state index contributed by atoms with van der Waals surface area (Å²) in [5.74, 6) is 0.127. The Labute approximate surface area is 115 Å². The maximum Gasteiger partial charge on any atom is 0.573 e. The summed E-state index contributed by atoms with van der Waals surface area (Å²) in [6.45, 7) is 1.73. The minimum Gasteiger partial charge on any atom is -0.406 e. The van der Waals surface area contributed by atoms with E-state index in [0.29, 0.717) is 11.6 Å². The number of hydrogen-bond donors (Lipinski definition) is 1. The fraction of sp³-hybridized carbons (Fsp3) is 0.462. The molecule has 0 unspecified atom stereocenters. The highest BCUT2D eigenvalue weighted by Gasteiger charge is 2.30. The molecule has 0 radical (unpaired) electrons. The van der Waals surface area contributed by atoms with Crippen LogP contribution in [0.3, 0.4) is 0 Å². The second-order valence-corrected chi connectivity index (χ2v) is 4.56. The molecule has 0 aromatic heterocycles. The fourth-order valence-corrected chi connectivity index (χ4v) is 2.05. The largest absolute Gasteiger partial charge is 0.573 e. The zero-order valence-corrected chi connectivity index (χ0v) is 10.9. The smallest absolute Gasteiger partial charge is 0.406 e. The van der Waals surface area contributed by atoms with E-state index in [2.05, 4.69) is 9.73 Å². The number of alkyl halides is 3. The first-order valence-corrected chi connectivity index (χ1v) is 6.39. The van der Waals surface area contributed by atoms with E-state index in [4.69, 9.17) is 5.73 Å². The van der Waals surface area contributed by atoms with Crippen molar-refractivity contribution >= 4 is 11.6 Å². The van der Waals surface area contributed by atoms with Gasteiger partial charge in [-0.3, -0.25) is 0 Å². The first-order valence-electron chi connectivity index (χ1n) is 6.39. The van der Waals surface area contributed by atoms with Gasteiger partial charge in [-0.2, -0.15) is 0 Å². The Bertz CT molecular complexity index is 465. The molecule has 0 spiro atoms. The summed E-state index contributed by atoms with van der Waals surface area (Å²) >= 11 is 0. The quantitative estimate of drug-likeness (QED) is 0.672. The third kappa shape index (κ3) is 4.32. The molecule has 20 heavy (non-hydrogen) atoms. The number of likely N-dealkylation sites (tertiary alicyclic amines) is 1. The number of hydrogen-bond acceptors (Lipinski definition) is 2. The van der Waals surface area contributed by atoms with Crippen LogP contribution in [0.25, 0.3) is 0 Å². The van der Waals surface area contributed by atoms with E-state index in [1.54, 1.807) is 0 Å². The summed E-state index contributed by atoms with van der Waals surface area (Å²) in [6.07, 6.45) is -1.34. The summed E-state index contributed by atoms with van der Waals surface area (Å²) in [5.41, 5.74) is 6.39. The summed E-state index contributed by atoms with van der Waals surface area (Å²) in [5, 5.41) is 0. The molecular formula is C13H16F3N3O. The second kappa shape index (κ2) is 6.02. The lowest BCUT2D eigenvalue weighted by Crippen LogP contribution is -2.40. The van der Waals surface area contributed by atoms with E-state index in [-0.39, 0.29) is 5.75 Å². The van der Waals surface area contributed by atoms with Gasteiger partial charge in [-0.1, -0.05) is 0 Å². The van der Waals surface area contributed by atoms with Gasteiger partial charge in [0.1, 0.15) is 5.75 Å². The van der Waals surface area contributed by atoms with Crippen molar-refractivity contribution in [3.05, 3.63) is 24.3 Å². The number of ether oxygens (including phenoxy) is 1. The molecule has 0 atom stereocenters. The summed E-state index contributed by atoms with van der Waals surface area (Å²) in [6, 6.07) is 5.32. The van der Waals surface area contributed by atoms with E-state index in [1.165, 1.54) is 30.7 Å². The molecule has 2 rings (SSSR count). The minimum absolute atomic E-state index is 0.270. The highest BCUT2D eigenvalue weighted by atomic mass is 19.4. The lowest BCUT2D eigenvalue weighted by Gasteiger charge is -2.27. The third-order valence-electron chi connectivity index (χ3n) is 2.99. The fourth-order valence-electron chi connectivity index (χ4n) is 2.05. The number of halogens is 3. The molecule has 1 aliphatic heterocycles. The molecule has 0 aliphatic carbocycles. The summed E-state index contributed by atoms with van der Waals surface area (Å²) in [4.78, 5) is 6.18. The number of benzene rings is 1. The van der Waals surface area contributed by atoms with E-state index in [9.17, 15) is 13.2 Å². The normalized spacial score (nSPS) is 17.1. The van der Waals surface area contributed by atoms with Crippen LogP contribution in [0.2, 0.25) is 0 Å². The van der Waals surface area contributed by atoms with Crippen molar-refractivity contribution in [3.8, 4) is 5.75 Å². The van der Waals surface area contributed by atoms with E-state index >= 15 is 0 Å². The Hall–Kier alpha value is -1.92. The first kappa shape index (κ1) is 14.5. The van der Waals surface area contributed by atoms with Crippen LogP contribution in [-0.4, -0.2) is 30.3 Å². The Morgan fingerprint density at radius 3 is 2.25 bits per heavy atom. The molecule has 1 aromatic carbocycles. The maximum absolute atomic E-state index is 12.0. The molecule has 0 bridgehead atoms. The van der Waals surface area contributed by atoms with Gasteiger partial charge in [-0.05, 0) is 43.5 Å². The van der Waals surface area contributed by atoms with Crippen LogP contribution in [-0.2, 0) is 0 Å². The van der Waals surface area contributed by atoms with Crippen LogP contribution in [0, 0.1) is 0 Å². The predicted molar refractivity (Wildman–Crippen MR) is 69.8 cm³/mol. The molecule has 1 aromatic rings. The minimum atomic E-state index is -4.68. The van der Waals surface area contributed by atoms with Crippen molar-refractivity contribution in [2.24, 2.45) is 10.7 Å². The van der Waals surface area contributed by atoms with Crippen molar-refractivity contribution < 1.29 is 17.9 Å². The van der Waals surface area contributed by atoms with Gasteiger partial charge < -0.3 is 15.4 Å². The van der Waals surface area contributed by atoms with Gasteiger partial charge in [0.15, 0.2) is 5.96 Å². The van der Waals surface area contributed by atoms with Crippen LogP contribution in [0.5, 0.6) is 5.75 Å². The van der Waals surface area contributed by atoms with E-state index in [1.807, 2.05) is 4.90 Å². The molecule has 0 amide bonds. The van der Waals surface area contributed by atoms with E-state index in [0.717, 1.165) is 25.9 Å². The molecule has 2 N–H and O–H groups in total. The van der Waals surface area contributed by atoms with Crippen LogP contribution < -0.4 is 10.5 Å². The average molecular weight is 287 g/mol. The number of piperidine rings is 1. The number of nitrogens with two attached hydrogens (primary N) is 1. The number of rotatable bonds is 2. The molecular weight excluding hydrogens is 271 g/mol. The van der Waals surface area contributed by atoms with Crippen molar-refractivity contribution in [1.29, 1.82) is 0 Å². The van der Waals surface area contributed by atoms with Gasteiger partial charge >= 0.3 is 6.36 Å². The summed E-state index contributed by atoms with van der Waals surface area (Å²) in [7, 11) is 0. The van der Waals surface area contributed by atoms with Crippen molar-refractivity contribution in [3.63, 3.8) is 0 Å². The predicted octanol–water partition coefficient (Wildman–Crippen LogP) is 3.02. The Morgan fingerprint density at radius 2 is 1.70 bits per heavy atom.